The summed E-state index contributed by atoms with van der Waals surface area (Å²) in [6.45, 7) is 5.20. The molecule has 7 nitrogen and oxygen atoms in total. The van der Waals surface area contributed by atoms with E-state index in [2.05, 4.69) is 34.3 Å². The maximum absolute atomic E-state index is 12.6. The highest BCUT2D eigenvalue weighted by Gasteiger charge is 2.40. The first-order valence-electron chi connectivity index (χ1n) is 7.23. The van der Waals surface area contributed by atoms with E-state index < -0.39 is 5.54 Å². The minimum absolute atomic E-state index is 0.213. The number of nitrogens with zero attached hydrogens (tertiary/aromatic N) is 3. The van der Waals surface area contributed by atoms with E-state index in [9.17, 15) is 4.79 Å². The van der Waals surface area contributed by atoms with Gasteiger partial charge in [0.2, 0.25) is 6.39 Å². The first-order chi connectivity index (χ1) is 10.6. The Balaban J connectivity index is 1.82. The average Bonchev–Trinajstić information content (AvgIpc) is 3.20. The summed E-state index contributed by atoms with van der Waals surface area (Å²) in [6, 6.07) is 0. The number of rotatable bonds is 4. The molecule has 2 aromatic rings. The van der Waals surface area contributed by atoms with Crippen LogP contribution in [-0.2, 0) is 10.3 Å². The van der Waals surface area contributed by atoms with Crippen LogP contribution >= 0.6 is 11.3 Å². The van der Waals surface area contributed by atoms with E-state index in [0.717, 1.165) is 5.01 Å². The van der Waals surface area contributed by atoms with Crippen LogP contribution in [0.1, 0.15) is 53.9 Å². The number of amides is 1. The van der Waals surface area contributed by atoms with Crippen molar-refractivity contribution in [2.45, 2.75) is 38.1 Å². The van der Waals surface area contributed by atoms with Crippen molar-refractivity contribution in [2.75, 3.05) is 13.2 Å². The molecule has 2 aromatic heterocycles. The molecule has 1 saturated heterocycles. The highest BCUT2D eigenvalue weighted by Crippen LogP contribution is 2.30. The van der Waals surface area contributed by atoms with Crippen molar-refractivity contribution in [1.29, 1.82) is 0 Å². The highest BCUT2D eigenvalue weighted by molar-refractivity contribution is 7.09. The van der Waals surface area contributed by atoms with Gasteiger partial charge in [0.15, 0.2) is 5.82 Å². The van der Waals surface area contributed by atoms with Gasteiger partial charge in [0.25, 0.3) is 5.91 Å². The molecule has 0 atom stereocenters. The number of ether oxygens (including phenoxy) is 1. The molecule has 1 N–H and O–H groups in total. The lowest BCUT2D eigenvalue weighted by molar-refractivity contribution is 0.0304. The van der Waals surface area contributed by atoms with Crippen LogP contribution in [0.5, 0.6) is 0 Å². The second-order valence-electron chi connectivity index (χ2n) is 5.63. The lowest BCUT2D eigenvalue weighted by Crippen LogP contribution is -2.50. The Bertz CT molecular complexity index is 632. The number of carbonyl (C=O) groups is 1. The fourth-order valence-electron chi connectivity index (χ4n) is 2.44. The van der Waals surface area contributed by atoms with Crippen molar-refractivity contribution in [1.82, 2.24) is 20.4 Å². The van der Waals surface area contributed by atoms with Crippen LogP contribution < -0.4 is 5.32 Å². The van der Waals surface area contributed by atoms with Crippen LogP contribution in [0.25, 0.3) is 0 Å². The smallest absolute Gasteiger partial charge is 0.271 e. The molecule has 0 spiro atoms. The molecule has 1 amide bonds. The van der Waals surface area contributed by atoms with Crippen molar-refractivity contribution in [3.05, 3.63) is 28.3 Å². The largest absolute Gasteiger partial charge is 0.381 e. The summed E-state index contributed by atoms with van der Waals surface area (Å²) in [5, 5.41) is 9.70. The lowest BCUT2D eigenvalue weighted by Gasteiger charge is -2.34. The quantitative estimate of drug-likeness (QED) is 0.927. The summed E-state index contributed by atoms with van der Waals surface area (Å²) in [6.07, 6.45) is 2.50. The molecule has 0 unspecified atom stereocenters. The Kier molecular flexibility index (Phi) is 4.21. The van der Waals surface area contributed by atoms with Crippen LogP contribution in [0.4, 0.5) is 0 Å². The van der Waals surface area contributed by atoms with E-state index in [-0.39, 0.29) is 5.91 Å². The summed E-state index contributed by atoms with van der Waals surface area (Å²) in [5.41, 5.74) is -0.215. The third kappa shape index (κ3) is 2.89. The first-order valence-corrected chi connectivity index (χ1v) is 8.11. The summed E-state index contributed by atoms with van der Waals surface area (Å²) in [7, 11) is 0. The zero-order chi connectivity index (χ0) is 15.6. The second-order valence-corrected chi connectivity index (χ2v) is 6.52. The van der Waals surface area contributed by atoms with Gasteiger partial charge in [-0.15, -0.1) is 11.3 Å². The number of carbonyl (C=O) groups excluding carboxylic acids is 1. The summed E-state index contributed by atoms with van der Waals surface area (Å²) >= 11 is 1.50. The van der Waals surface area contributed by atoms with Crippen molar-refractivity contribution >= 4 is 17.2 Å². The molecule has 118 valence electrons. The van der Waals surface area contributed by atoms with Gasteiger partial charge < -0.3 is 14.6 Å². The maximum Gasteiger partial charge on any atom is 0.271 e. The zero-order valence-corrected chi connectivity index (χ0v) is 13.4. The molecule has 3 heterocycles. The normalized spacial score (nSPS) is 17.6. The van der Waals surface area contributed by atoms with Gasteiger partial charge in [-0.05, 0) is 0 Å². The van der Waals surface area contributed by atoms with Gasteiger partial charge in [0, 0.05) is 37.4 Å². The molecule has 8 heteroatoms. The average molecular weight is 322 g/mol. The molecule has 0 saturated carbocycles. The molecule has 1 aliphatic heterocycles. The third-order valence-corrected chi connectivity index (χ3v) is 4.88. The monoisotopic (exact) mass is 322 g/mol. The number of thiazole rings is 1. The second kappa shape index (κ2) is 6.13. The molecule has 0 bridgehead atoms. The van der Waals surface area contributed by atoms with Crippen molar-refractivity contribution in [3.63, 3.8) is 0 Å². The fourth-order valence-corrected chi connectivity index (χ4v) is 3.26. The van der Waals surface area contributed by atoms with Crippen LogP contribution in [0.3, 0.4) is 0 Å². The number of hydrogen-bond donors (Lipinski definition) is 1. The maximum atomic E-state index is 12.6. The van der Waals surface area contributed by atoms with Crippen LogP contribution in [0, 0.1) is 0 Å². The molecule has 3 rings (SSSR count). The molecule has 1 aliphatic rings. The van der Waals surface area contributed by atoms with Gasteiger partial charge in [-0.1, -0.05) is 19.0 Å². The Morgan fingerprint density at radius 3 is 2.77 bits per heavy atom. The number of aromatic nitrogens is 3. The van der Waals surface area contributed by atoms with E-state index in [1.54, 1.807) is 5.38 Å². The topological polar surface area (TPSA) is 90.1 Å². The Morgan fingerprint density at radius 1 is 1.41 bits per heavy atom. The number of hydrogen-bond acceptors (Lipinski definition) is 7. The Morgan fingerprint density at radius 2 is 2.18 bits per heavy atom. The lowest BCUT2D eigenvalue weighted by atomic mass is 9.89. The van der Waals surface area contributed by atoms with Crippen molar-refractivity contribution < 1.29 is 14.1 Å². The van der Waals surface area contributed by atoms with Crippen molar-refractivity contribution in [2.24, 2.45) is 0 Å². The SMILES string of the molecule is CC(C)c1nc(C(=O)NC2(c3ncon3)CCOCC2)cs1. The fraction of sp³-hybridized carbons (Fsp3) is 0.571. The van der Waals surface area contributed by atoms with Crippen LogP contribution in [0.2, 0.25) is 0 Å². The Labute approximate surface area is 132 Å². The van der Waals surface area contributed by atoms with E-state index in [1.807, 2.05) is 0 Å². The summed E-state index contributed by atoms with van der Waals surface area (Å²) in [4.78, 5) is 21.1. The van der Waals surface area contributed by atoms with Crippen molar-refractivity contribution in [3.8, 4) is 0 Å². The predicted molar refractivity (Wildman–Crippen MR) is 79.7 cm³/mol. The predicted octanol–water partition coefficient (Wildman–Crippen LogP) is 2.09. The molecule has 0 radical (unpaired) electrons. The van der Waals surface area contributed by atoms with E-state index in [0.29, 0.717) is 43.5 Å². The minimum Gasteiger partial charge on any atom is -0.381 e. The van der Waals surface area contributed by atoms with Crippen LogP contribution in [0.15, 0.2) is 16.3 Å². The molecular formula is C14H18N4O3S. The first kappa shape index (κ1) is 15.1. The van der Waals surface area contributed by atoms with E-state index in [1.165, 1.54) is 17.7 Å². The molecule has 0 aliphatic carbocycles. The van der Waals surface area contributed by atoms with Gasteiger partial charge in [0.1, 0.15) is 11.2 Å². The van der Waals surface area contributed by atoms with Gasteiger partial charge in [-0.2, -0.15) is 4.98 Å². The number of nitrogens with one attached hydrogen (secondary N) is 1. The summed E-state index contributed by atoms with van der Waals surface area (Å²) < 4.78 is 10.2. The van der Waals surface area contributed by atoms with E-state index >= 15 is 0 Å². The zero-order valence-electron chi connectivity index (χ0n) is 12.5. The summed E-state index contributed by atoms with van der Waals surface area (Å²) in [5.74, 6) is 0.583. The molecule has 1 fully saturated rings. The van der Waals surface area contributed by atoms with Gasteiger partial charge in [0.05, 0.1) is 5.01 Å². The van der Waals surface area contributed by atoms with E-state index in [4.69, 9.17) is 9.26 Å². The molecular weight excluding hydrogens is 304 g/mol. The Hall–Kier alpha value is -1.80. The third-order valence-electron chi connectivity index (χ3n) is 3.74. The standard InChI is InChI=1S/C14H18N4O3S/c1-9(2)12-16-10(7-22-12)11(19)17-14(3-5-20-6-4-14)13-15-8-21-18-13/h7-9H,3-6H2,1-2H3,(H,17,19). The minimum atomic E-state index is -0.649. The van der Waals surface area contributed by atoms with Gasteiger partial charge in [-0.3, -0.25) is 4.79 Å². The van der Waals surface area contributed by atoms with Gasteiger partial charge >= 0.3 is 0 Å². The molecule has 0 aromatic carbocycles. The highest BCUT2D eigenvalue weighted by atomic mass is 32.1. The van der Waals surface area contributed by atoms with Gasteiger partial charge in [-0.25, -0.2) is 4.98 Å². The van der Waals surface area contributed by atoms with Crippen LogP contribution in [-0.4, -0.2) is 34.2 Å². The molecule has 22 heavy (non-hydrogen) atoms.